The Morgan fingerprint density at radius 1 is 1.50 bits per heavy atom. The van der Waals surface area contributed by atoms with Gasteiger partial charge in [0.15, 0.2) is 5.96 Å². The maximum absolute atomic E-state index is 4.21. The lowest BCUT2D eigenvalue weighted by molar-refractivity contribution is 0.729. The van der Waals surface area contributed by atoms with Crippen LogP contribution in [0.2, 0.25) is 0 Å². The van der Waals surface area contributed by atoms with Crippen LogP contribution in [-0.4, -0.2) is 24.5 Å². The van der Waals surface area contributed by atoms with Crippen LogP contribution in [0.15, 0.2) is 10.5 Å². The van der Waals surface area contributed by atoms with Crippen molar-refractivity contribution in [3.05, 3.63) is 16.1 Å². The van der Waals surface area contributed by atoms with Crippen LogP contribution in [0.3, 0.4) is 0 Å². The van der Waals surface area contributed by atoms with Crippen LogP contribution in [0.1, 0.15) is 30.3 Å². The fourth-order valence-electron chi connectivity index (χ4n) is 1.26. The Labute approximate surface area is 101 Å². The van der Waals surface area contributed by atoms with Gasteiger partial charge in [0.05, 0.1) is 17.7 Å². The Kier molecular flexibility index (Phi) is 5.85. The molecule has 0 atom stereocenters. The summed E-state index contributed by atoms with van der Waals surface area (Å²) >= 11 is 1.67. The molecular weight excluding hydrogens is 220 g/mol. The second-order valence-corrected chi connectivity index (χ2v) is 4.51. The summed E-state index contributed by atoms with van der Waals surface area (Å²) in [5.41, 5.74) is 2.97. The van der Waals surface area contributed by atoms with Crippen LogP contribution < -0.4 is 10.6 Å². The Hall–Kier alpha value is -1.10. The molecule has 0 aliphatic rings. The molecule has 1 aromatic heterocycles. The summed E-state index contributed by atoms with van der Waals surface area (Å²) in [5, 5.41) is 6.56. The number of hydrogen-bond donors (Lipinski definition) is 2. The maximum atomic E-state index is 4.21. The second-order valence-electron chi connectivity index (χ2n) is 3.57. The number of aliphatic imine (C=N–C) groups is 1. The third-order valence-electron chi connectivity index (χ3n) is 2.31. The molecule has 2 N–H and O–H groups in total. The van der Waals surface area contributed by atoms with Crippen LogP contribution in [0.25, 0.3) is 0 Å². The van der Waals surface area contributed by atoms with E-state index in [2.05, 4.69) is 27.5 Å². The zero-order chi connectivity index (χ0) is 11.8. The number of aryl methyl sites for hydroxylation is 1. The van der Waals surface area contributed by atoms with Gasteiger partial charge >= 0.3 is 0 Å². The molecule has 0 saturated carbocycles. The van der Waals surface area contributed by atoms with E-state index >= 15 is 0 Å². The molecular formula is C11H20N4S. The minimum atomic E-state index is 0.794. The largest absolute Gasteiger partial charge is 0.356 e. The molecule has 0 amide bonds. The van der Waals surface area contributed by atoms with Crippen molar-refractivity contribution in [1.29, 1.82) is 0 Å². The number of nitrogens with one attached hydrogen (secondary N) is 2. The SMILES string of the molecule is CCCCNC(=NC)NCc1scnc1C. The summed E-state index contributed by atoms with van der Waals surface area (Å²) in [6.07, 6.45) is 2.36. The predicted molar refractivity (Wildman–Crippen MR) is 70.0 cm³/mol. The highest BCUT2D eigenvalue weighted by molar-refractivity contribution is 7.09. The minimum Gasteiger partial charge on any atom is -0.356 e. The first-order valence-corrected chi connectivity index (χ1v) is 6.49. The molecule has 0 aliphatic heterocycles. The predicted octanol–water partition coefficient (Wildman–Crippen LogP) is 1.92. The molecule has 1 heterocycles. The maximum Gasteiger partial charge on any atom is 0.191 e. The molecule has 0 aliphatic carbocycles. The van der Waals surface area contributed by atoms with Gasteiger partial charge in [-0.3, -0.25) is 4.99 Å². The smallest absolute Gasteiger partial charge is 0.191 e. The van der Waals surface area contributed by atoms with Crippen LogP contribution >= 0.6 is 11.3 Å². The number of rotatable bonds is 5. The Morgan fingerprint density at radius 2 is 2.31 bits per heavy atom. The fraction of sp³-hybridized carbons (Fsp3) is 0.636. The number of guanidine groups is 1. The van der Waals surface area contributed by atoms with Gasteiger partial charge in [-0.1, -0.05) is 13.3 Å². The topological polar surface area (TPSA) is 49.3 Å². The number of aromatic nitrogens is 1. The van der Waals surface area contributed by atoms with E-state index in [1.54, 1.807) is 18.4 Å². The quantitative estimate of drug-likeness (QED) is 0.469. The van der Waals surface area contributed by atoms with Crippen molar-refractivity contribution in [3.63, 3.8) is 0 Å². The van der Waals surface area contributed by atoms with Crippen LogP contribution in [-0.2, 0) is 6.54 Å². The third kappa shape index (κ3) is 4.18. The number of hydrogen-bond acceptors (Lipinski definition) is 3. The summed E-state index contributed by atoms with van der Waals surface area (Å²) < 4.78 is 0. The lowest BCUT2D eigenvalue weighted by atomic mass is 10.3. The average Bonchev–Trinajstić information content (AvgIpc) is 2.69. The Bertz CT molecular complexity index is 332. The van der Waals surface area contributed by atoms with Gasteiger partial charge in [-0.2, -0.15) is 0 Å². The van der Waals surface area contributed by atoms with Gasteiger partial charge < -0.3 is 10.6 Å². The molecule has 0 saturated heterocycles. The second kappa shape index (κ2) is 7.22. The monoisotopic (exact) mass is 240 g/mol. The summed E-state index contributed by atoms with van der Waals surface area (Å²) in [5.74, 6) is 0.862. The van der Waals surface area contributed by atoms with Crippen molar-refractivity contribution in [3.8, 4) is 0 Å². The van der Waals surface area contributed by atoms with Gasteiger partial charge in [0.1, 0.15) is 0 Å². The molecule has 0 spiro atoms. The highest BCUT2D eigenvalue weighted by Gasteiger charge is 2.02. The summed E-state index contributed by atoms with van der Waals surface area (Å²) in [4.78, 5) is 9.64. The minimum absolute atomic E-state index is 0.794. The first kappa shape index (κ1) is 13.0. The highest BCUT2D eigenvalue weighted by Crippen LogP contribution is 2.10. The van der Waals surface area contributed by atoms with Crippen molar-refractivity contribution in [2.24, 2.45) is 4.99 Å². The number of nitrogens with zero attached hydrogens (tertiary/aromatic N) is 2. The summed E-state index contributed by atoms with van der Waals surface area (Å²) in [7, 11) is 1.79. The van der Waals surface area contributed by atoms with Crippen molar-refractivity contribution in [2.75, 3.05) is 13.6 Å². The molecule has 0 radical (unpaired) electrons. The van der Waals surface area contributed by atoms with E-state index in [-0.39, 0.29) is 0 Å². The van der Waals surface area contributed by atoms with Crippen molar-refractivity contribution in [2.45, 2.75) is 33.2 Å². The highest BCUT2D eigenvalue weighted by atomic mass is 32.1. The zero-order valence-corrected chi connectivity index (χ0v) is 11.0. The molecule has 0 aromatic carbocycles. The van der Waals surface area contributed by atoms with E-state index in [1.807, 2.05) is 12.4 Å². The average molecular weight is 240 g/mol. The van der Waals surface area contributed by atoms with Crippen molar-refractivity contribution in [1.82, 2.24) is 15.6 Å². The molecule has 5 heteroatoms. The van der Waals surface area contributed by atoms with Crippen LogP contribution in [0, 0.1) is 6.92 Å². The lowest BCUT2D eigenvalue weighted by Crippen LogP contribution is -2.37. The van der Waals surface area contributed by atoms with E-state index < -0.39 is 0 Å². The van der Waals surface area contributed by atoms with Gasteiger partial charge in [0.2, 0.25) is 0 Å². The van der Waals surface area contributed by atoms with Crippen LogP contribution in [0.5, 0.6) is 0 Å². The van der Waals surface area contributed by atoms with Gasteiger partial charge in [-0.25, -0.2) is 4.98 Å². The first-order valence-electron chi connectivity index (χ1n) is 5.61. The molecule has 0 fully saturated rings. The fourth-order valence-corrected chi connectivity index (χ4v) is 1.98. The van der Waals surface area contributed by atoms with Gasteiger partial charge in [0, 0.05) is 18.5 Å². The molecule has 1 aromatic rings. The van der Waals surface area contributed by atoms with Crippen molar-refractivity contribution < 1.29 is 0 Å². The van der Waals surface area contributed by atoms with Gasteiger partial charge in [-0.15, -0.1) is 11.3 Å². The molecule has 16 heavy (non-hydrogen) atoms. The van der Waals surface area contributed by atoms with Crippen LogP contribution in [0.4, 0.5) is 0 Å². The number of thiazole rings is 1. The molecule has 0 unspecified atom stereocenters. The Balaban J connectivity index is 2.32. The first-order chi connectivity index (χ1) is 7.77. The van der Waals surface area contributed by atoms with E-state index in [0.717, 1.165) is 24.7 Å². The molecule has 1 rings (SSSR count). The third-order valence-corrected chi connectivity index (χ3v) is 3.24. The van der Waals surface area contributed by atoms with E-state index in [0.29, 0.717) is 0 Å². The normalized spacial score (nSPS) is 11.6. The van der Waals surface area contributed by atoms with Gasteiger partial charge in [0.25, 0.3) is 0 Å². The van der Waals surface area contributed by atoms with E-state index in [4.69, 9.17) is 0 Å². The van der Waals surface area contributed by atoms with E-state index in [1.165, 1.54) is 17.7 Å². The number of unbranched alkanes of at least 4 members (excludes halogenated alkanes) is 1. The molecule has 0 bridgehead atoms. The zero-order valence-electron chi connectivity index (χ0n) is 10.2. The Morgan fingerprint density at radius 3 is 2.88 bits per heavy atom. The van der Waals surface area contributed by atoms with E-state index in [9.17, 15) is 0 Å². The standard InChI is InChI=1S/C11H20N4S/c1-4-5-6-13-11(12-3)14-7-10-9(2)15-8-16-10/h8H,4-7H2,1-3H3,(H2,12,13,14). The summed E-state index contributed by atoms with van der Waals surface area (Å²) in [6, 6.07) is 0. The lowest BCUT2D eigenvalue weighted by Gasteiger charge is -2.10. The summed E-state index contributed by atoms with van der Waals surface area (Å²) in [6.45, 7) is 5.97. The molecule has 90 valence electrons. The molecule has 4 nitrogen and oxygen atoms in total. The van der Waals surface area contributed by atoms with Crippen molar-refractivity contribution >= 4 is 17.3 Å². The van der Waals surface area contributed by atoms with Gasteiger partial charge in [-0.05, 0) is 13.3 Å².